The van der Waals surface area contributed by atoms with Crippen LogP contribution in [0.2, 0.25) is 0 Å². The molecule has 1 saturated carbocycles. The summed E-state index contributed by atoms with van der Waals surface area (Å²) < 4.78 is 5.86. The number of morpholine rings is 1. The third-order valence-electron chi connectivity index (χ3n) is 4.35. The van der Waals surface area contributed by atoms with Gasteiger partial charge in [0.05, 0.1) is 19.3 Å². The fourth-order valence-corrected chi connectivity index (χ4v) is 3.30. The third kappa shape index (κ3) is 2.81. The van der Waals surface area contributed by atoms with E-state index in [1.54, 1.807) is 0 Å². The van der Waals surface area contributed by atoms with Gasteiger partial charge in [-0.1, -0.05) is 19.8 Å². The van der Waals surface area contributed by atoms with Crippen molar-refractivity contribution in [3.63, 3.8) is 0 Å². The first-order valence-corrected chi connectivity index (χ1v) is 7.01. The number of hydrogen-bond donors (Lipinski definition) is 2. The Morgan fingerprint density at radius 1 is 1.41 bits per heavy atom. The fourth-order valence-electron chi connectivity index (χ4n) is 3.30. The summed E-state index contributed by atoms with van der Waals surface area (Å²) in [7, 11) is 0. The summed E-state index contributed by atoms with van der Waals surface area (Å²) in [5, 5.41) is 9.61. The standard InChI is InChI=1S/C13H26N2O2/c1-2-10(14)12(9-16)15-7-8-17-13-6-4-3-5-11(13)15/h10-13,16H,2-9,14H2,1H3. The summed E-state index contributed by atoms with van der Waals surface area (Å²) in [4.78, 5) is 2.42. The molecule has 0 aromatic rings. The zero-order valence-corrected chi connectivity index (χ0v) is 10.8. The maximum atomic E-state index is 9.61. The number of nitrogens with zero attached hydrogens (tertiary/aromatic N) is 1. The summed E-state index contributed by atoms with van der Waals surface area (Å²) in [6.45, 7) is 3.96. The largest absolute Gasteiger partial charge is 0.395 e. The van der Waals surface area contributed by atoms with Crippen molar-refractivity contribution in [1.82, 2.24) is 4.90 Å². The van der Waals surface area contributed by atoms with Crippen molar-refractivity contribution in [1.29, 1.82) is 0 Å². The Morgan fingerprint density at radius 3 is 2.88 bits per heavy atom. The molecule has 0 aromatic heterocycles. The third-order valence-corrected chi connectivity index (χ3v) is 4.35. The zero-order chi connectivity index (χ0) is 12.3. The van der Waals surface area contributed by atoms with Crippen molar-refractivity contribution < 1.29 is 9.84 Å². The van der Waals surface area contributed by atoms with Crippen LogP contribution in [-0.4, -0.2) is 54.0 Å². The molecule has 2 rings (SSSR count). The quantitative estimate of drug-likeness (QED) is 0.763. The first-order chi connectivity index (χ1) is 8.27. The maximum absolute atomic E-state index is 9.61. The molecule has 0 radical (unpaired) electrons. The number of aliphatic hydroxyl groups excluding tert-OH is 1. The lowest BCUT2D eigenvalue weighted by molar-refractivity contribution is -0.111. The molecule has 0 spiro atoms. The van der Waals surface area contributed by atoms with Gasteiger partial charge in [0.15, 0.2) is 0 Å². The van der Waals surface area contributed by atoms with Crippen LogP contribution in [-0.2, 0) is 4.74 Å². The van der Waals surface area contributed by atoms with Crippen LogP contribution in [0.4, 0.5) is 0 Å². The Hall–Kier alpha value is -0.160. The van der Waals surface area contributed by atoms with Gasteiger partial charge in [-0.2, -0.15) is 0 Å². The van der Waals surface area contributed by atoms with Crippen LogP contribution in [0.1, 0.15) is 39.0 Å². The Bertz CT molecular complexity index is 233. The second-order valence-electron chi connectivity index (χ2n) is 5.32. The number of ether oxygens (including phenoxy) is 1. The van der Waals surface area contributed by atoms with Crippen LogP contribution >= 0.6 is 0 Å². The van der Waals surface area contributed by atoms with Gasteiger partial charge in [-0.15, -0.1) is 0 Å². The highest BCUT2D eigenvalue weighted by Crippen LogP contribution is 2.30. The van der Waals surface area contributed by atoms with E-state index in [4.69, 9.17) is 10.5 Å². The number of fused-ring (bicyclic) bond motifs is 1. The van der Waals surface area contributed by atoms with E-state index in [0.29, 0.717) is 12.1 Å². The highest BCUT2D eigenvalue weighted by molar-refractivity contribution is 4.93. The normalized spacial score (nSPS) is 34.1. The molecule has 0 amide bonds. The predicted octanol–water partition coefficient (Wildman–Crippen LogP) is 0.728. The van der Waals surface area contributed by atoms with Crippen LogP contribution in [0.3, 0.4) is 0 Å². The first kappa shape index (κ1) is 13.3. The maximum Gasteiger partial charge on any atom is 0.0731 e. The van der Waals surface area contributed by atoms with E-state index in [1.165, 1.54) is 25.7 Å². The monoisotopic (exact) mass is 242 g/mol. The molecule has 4 heteroatoms. The number of nitrogens with two attached hydrogens (primary N) is 1. The van der Waals surface area contributed by atoms with E-state index in [-0.39, 0.29) is 18.7 Å². The molecule has 1 heterocycles. The molecule has 1 saturated heterocycles. The van der Waals surface area contributed by atoms with E-state index in [1.807, 2.05) is 0 Å². The second kappa shape index (κ2) is 6.14. The lowest BCUT2D eigenvalue weighted by Gasteiger charge is -2.48. The summed E-state index contributed by atoms with van der Waals surface area (Å²) in [6.07, 6.45) is 6.20. The average Bonchev–Trinajstić information content (AvgIpc) is 2.39. The van der Waals surface area contributed by atoms with Gasteiger partial charge in [-0.25, -0.2) is 0 Å². The summed E-state index contributed by atoms with van der Waals surface area (Å²) in [5.74, 6) is 0. The molecule has 2 aliphatic rings. The topological polar surface area (TPSA) is 58.7 Å². The van der Waals surface area contributed by atoms with Gasteiger partial charge in [0.25, 0.3) is 0 Å². The predicted molar refractivity (Wildman–Crippen MR) is 67.8 cm³/mol. The highest BCUT2D eigenvalue weighted by atomic mass is 16.5. The zero-order valence-electron chi connectivity index (χ0n) is 10.8. The Labute approximate surface area is 104 Å². The van der Waals surface area contributed by atoms with Crippen molar-refractivity contribution in [2.45, 2.75) is 63.3 Å². The van der Waals surface area contributed by atoms with Gasteiger partial charge < -0.3 is 15.6 Å². The molecule has 1 aliphatic carbocycles. The summed E-state index contributed by atoms with van der Waals surface area (Å²) in [6, 6.07) is 0.655. The molecule has 100 valence electrons. The van der Waals surface area contributed by atoms with Gasteiger partial charge in [0.2, 0.25) is 0 Å². The minimum atomic E-state index is 0.0701. The lowest BCUT2D eigenvalue weighted by Crippen LogP contribution is -2.61. The molecule has 2 fully saturated rings. The second-order valence-corrected chi connectivity index (χ2v) is 5.32. The molecule has 1 aliphatic heterocycles. The van der Waals surface area contributed by atoms with E-state index in [9.17, 15) is 5.11 Å². The molecule has 4 unspecified atom stereocenters. The van der Waals surface area contributed by atoms with Crippen molar-refractivity contribution in [3.05, 3.63) is 0 Å². The summed E-state index contributed by atoms with van der Waals surface area (Å²) >= 11 is 0. The van der Waals surface area contributed by atoms with E-state index in [2.05, 4.69) is 11.8 Å². The SMILES string of the molecule is CCC(N)C(CO)N1CCOC2CCCCC21. The van der Waals surface area contributed by atoms with Gasteiger partial charge >= 0.3 is 0 Å². The molecule has 0 bridgehead atoms. The molecule has 0 aromatic carbocycles. The van der Waals surface area contributed by atoms with Crippen LogP contribution < -0.4 is 5.73 Å². The molecule has 17 heavy (non-hydrogen) atoms. The molecule has 3 N–H and O–H groups in total. The molecule has 4 nitrogen and oxygen atoms in total. The first-order valence-electron chi connectivity index (χ1n) is 7.01. The van der Waals surface area contributed by atoms with Gasteiger partial charge in [0, 0.05) is 24.7 Å². The Kier molecular flexibility index (Phi) is 4.79. The van der Waals surface area contributed by atoms with E-state index >= 15 is 0 Å². The average molecular weight is 242 g/mol. The lowest BCUT2D eigenvalue weighted by atomic mass is 9.88. The summed E-state index contributed by atoms with van der Waals surface area (Å²) in [5.41, 5.74) is 6.14. The Balaban J connectivity index is 2.06. The number of rotatable bonds is 4. The van der Waals surface area contributed by atoms with Crippen molar-refractivity contribution >= 4 is 0 Å². The number of hydrogen-bond acceptors (Lipinski definition) is 4. The number of aliphatic hydroxyl groups is 1. The minimum absolute atomic E-state index is 0.0701. The van der Waals surface area contributed by atoms with Crippen LogP contribution in [0, 0.1) is 0 Å². The highest BCUT2D eigenvalue weighted by Gasteiger charge is 2.38. The Morgan fingerprint density at radius 2 is 2.18 bits per heavy atom. The van der Waals surface area contributed by atoms with Crippen LogP contribution in [0.5, 0.6) is 0 Å². The van der Waals surface area contributed by atoms with Gasteiger partial charge in [-0.3, -0.25) is 4.90 Å². The molecular formula is C13H26N2O2. The van der Waals surface area contributed by atoms with Crippen molar-refractivity contribution in [2.75, 3.05) is 19.8 Å². The van der Waals surface area contributed by atoms with Crippen LogP contribution in [0.15, 0.2) is 0 Å². The van der Waals surface area contributed by atoms with Crippen molar-refractivity contribution in [2.24, 2.45) is 5.73 Å². The van der Waals surface area contributed by atoms with Crippen molar-refractivity contribution in [3.8, 4) is 0 Å². The van der Waals surface area contributed by atoms with E-state index in [0.717, 1.165) is 19.6 Å². The van der Waals surface area contributed by atoms with Gasteiger partial charge in [-0.05, 0) is 19.3 Å². The van der Waals surface area contributed by atoms with E-state index < -0.39 is 0 Å². The fraction of sp³-hybridized carbons (Fsp3) is 1.00. The molecule has 4 atom stereocenters. The van der Waals surface area contributed by atoms with Crippen LogP contribution in [0.25, 0.3) is 0 Å². The van der Waals surface area contributed by atoms with Gasteiger partial charge in [0.1, 0.15) is 0 Å². The molecular weight excluding hydrogens is 216 g/mol. The minimum Gasteiger partial charge on any atom is -0.395 e. The smallest absolute Gasteiger partial charge is 0.0731 e.